The van der Waals surface area contributed by atoms with E-state index < -0.39 is 0 Å². The molecule has 0 radical (unpaired) electrons. The molecule has 0 aliphatic carbocycles. The highest BCUT2D eigenvalue weighted by atomic mass is 35.5. The minimum absolute atomic E-state index is 0.258. The Labute approximate surface area is 184 Å². The van der Waals surface area contributed by atoms with E-state index in [4.69, 9.17) is 25.5 Å². The molecule has 0 saturated carbocycles. The van der Waals surface area contributed by atoms with E-state index in [9.17, 15) is 4.79 Å². The molecule has 31 heavy (non-hydrogen) atoms. The predicted octanol–water partition coefficient (Wildman–Crippen LogP) is 6.20. The van der Waals surface area contributed by atoms with Gasteiger partial charge in [0, 0.05) is 27.9 Å². The van der Waals surface area contributed by atoms with Gasteiger partial charge in [-0.25, -0.2) is 4.98 Å². The minimum atomic E-state index is -0.258. The Hall–Kier alpha value is -3.51. The molecule has 158 valence electrons. The van der Waals surface area contributed by atoms with E-state index in [0.717, 1.165) is 5.56 Å². The smallest absolute Gasteiger partial charge is 0.255 e. The molecule has 6 nitrogen and oxygen atoms in total. The van der Waals surface area contributed by atoms with Crippen LogP contribution in [0.25, 0.3) is 22.6 Å². The Morgan fingerprint density at radius 1 is 0.968 bits per heavy atom. The van der Waals surface area contributed by atoms with Crippen LogP contribution in [0.15, 0.2) is 65.1 Å². The Kier molecular flexibility index (Phi) is 6.09. The molecule has 1 N–H and O–H groups in total. The van der Waals surface area contributed by atoms with Gasteiger partial charge < -0.3 is 19.2 Å². The number of carbonyl (C=O) groups excluding carboxylic acids is 1. The van der Waals surface area contributed by atoms with Gasteiger partial charge in [0.1, 0.15) is 17.0 Å². The fourth-order valence-electron chi connectivity index (χ4n) is 3.13. The summed E-state index contributed by atoms with van der Waals surface area (Å²) in [5.41, 5.74) is 3.25. The largest absolute Gasteiger partial charge is 0.494 e. The van der Waals surface area contributed by atoms with Crippen LogP contribution >= 0.6 is 11.6 Å². The molecule has 0 fully saturated rings. The first-order chi connectivity index (χ1) is 15.1. The van der Waals surface area contributed by atoms with Crippen molar-refractivity contribution in [1.82, 2.24) is 4.98 Å². The van der Waals surface area contributed by atoms with E-state index in [2.05, 4.69) is 10.3 Å². The zero-order valence-corrected chi connectivity index (χ0v) is 17.9. The summed E-state index contributed by atoms with van der Waals surface area (Å²) in [4.78, 5) is 17.2. The van der Waals surface area contributed by atoms with Gasteiger partial charge in [-0.3, -0.25) is 4.79 Å². The van der Waals surface area contributed by atoms with Crippen LogP contribution in [0.2, 0.25) is 5.02 Å². The third-order valence-corrected chi connectivity index (χ3v) is 4.74. The summed E-state index contributed by atoms with van der Waals surface area (Å²) in [6, 6.07) is 17.7. The van der Waals surface area contributed by atoms with Gasteiger partial charge >= 0.3 is 0 Å². The maximum atomic E-state index is 12.8. The molecule has 3 aromatic carbocycles. The summed E-state index contributed by atoms with van der Waals surface area (Å²) in [7, 11) is 0. The van der Waals surface area contributed by atoms with Crippen LogP contribution in [0.3, 0.4) is 0 Å². The van der Waals surface area contributed by atoms with Crippen LogP contribution in [0.4, 0.5) is 5.69 Å². The lowest BCUT2D eigenvalue weighted by Crippen LogP contribution is -2.12. The Morgan fingerprint density at radius 3 is 2.29 bits per heavy atom. The molecule has 1 heterocycles. The number of amides is 1. The monoisotopic (exact) mass is 436 g/mol. The molecule has 0 unspecified atom stereocenters. The molecule has 0 spiro atoms. The van der Waals surface area contributed by atoms with Crippen molar-refractivity contribution in [3.63, 3.8) is 0 Å². The van der Waals surface area contributed by atoms with Crippen LogP contribution in [0.5, 0.6) is 11.5 Å². The van der Waals surface area contributed by atoms with Gasteiger partial charge in [0.2, 0.25) is 5.89 Å². The van der Waals surface area contributed by atoms with Crippen molar-refractivity contribution >= 4 is 34.3 Å². The average molecular weight is 437 g/mol. The van der Waals surface area contributed by atoms with E-state index in [-0.39, 0.29) is 5.91 Å². The van der Waals surface area contributed by atoms with Crippen LogP contribution in [0, 0.1) is 0 Å². The summed E-state index contributed by atoms with van der Waals surface area (Å²) in [5.74, 6) is 1.41. The molecule has 0 bridgehead atoms. The number of rotatable bonds is 7. The van der Waals surface area contributed by atoms with E-state index in [0.29, 0.717) is 58.0 Å². The fraction of sp³-hybridized carbons (Fsp3) is 0.167. The van der Waals surface area contributed by atoms with E-state index in [1.807, 2.05) is 26.0 Å². The van der Waals surface area contributed by atoms with E-state index in [1.54, 1.807) is 48.5 Å². The topological polar surface area (TPSA) is 73.6 Å². The summed E-state index contributed by atoms with van der Waals surface area (Å²) in [6.07, 6.45) is 0. The SMILES string of the molecule is CCOc1cc(OCC)cc(C(=O)Nc2ccc(-c3nc4cc(Cl)ccc4o3)cc2)c1. The zero-order chi connectivity index (χ0) is 21.8. The Balaban J connectivity index is 1.52. The number of hydrogen-bond donors (Lipinski definition) is 1. The maximum Gasteiger partial charge on any atom is 0.255 e. The number of aromatic nitrogens is 1. The lowest BCUT2D eigenvalue weighted by molar-refractivity contribution is 0.102. The maximum absolute atomic E-state index is 12.8. The van der Waals surface area contributed by atoms with Crippen molar-refractivity contribution in [3.8, 4) is 23.0 Å². The van der Waals surface area contributed by atoms with Gasteiger partial charge in [-0.2, -0.15) is 0 Å². The minimum Gasteiger partial charge on any atom is -0.494 e. The van der Waals surface area contributed by atoms with Crippen molar-refractivity contribution in [1.29, 1.82) is 0 Å². The first-order valence-corrected chi connectivity index (χ1v) is 10.3. The summed E-state index contributed by atoms with van der Waals surface area (Å²) in [6.45, 7) is 4.78. The lowest BCUT2D eigenvalue weighted by Gasteiger charge is -2.11. The number of oxazole rings is 1. The van der Waals surface area contributed by atoms with Crippen molar-refractivity contribution in [2.24, 2.45) is 0 Å². The first kappa shape index (κ1) is 20.8. The number of carbonyl (C=O) groups is 1. The van der Waals surface area contributed by atoms with Gasteiger partial charge in [-0.1, -0.05) is 11.6 Å². The average Bonchev–Trinajstić information content (AvgIpc) is 3.18. The number of halogens is 1. The van der Waals surface area contributed by atoms with Crippen LogP contribution < -0.4 is 14.8 Å². The van der Waals surface area contributed by atoms with Crippen molar-refractivity contribution in [2.75, 3.05) is 18.5 Å². The zero-order valence-electron chi connectivity index (χ0n) is 17.1. The number of anilines is 1. The molecule has 0 atom stereocenters. The molecule has 0 aliphatic rings. The van der Waals surface area contributed by atoms with E-state index in [1.165, 1.54) is 0 Å². The molecule has 1 amide bonds. The van der Waals surface area contributed by atoms with Gasteiger partial charge in [0.05, 0.1) is 13.2 Å². The van der Waals surface area contributed by atoms with Crippen molar-refractivity contribution in [3.05, 3.63) is 71.2 Å². The normalized spacial score (nSPS) is 10.8. The Bertz CT molecular complexity index is 1190. The van der Waals surface area contributed by atoms with Crippen molar-refractivity contribution in [2.45, 2.75) is 13.8 Å². The second kappa shape index (κ2) is 9.10. The number of benzene rings is 3. The highest BCUT2D eigenvalue weighted by molar-refractivity contribution is 6.31. The number of fused-ring (bicyclic) bond motifs is 1. The first-order valence-electron chi connectivity index (χ1n) is 9.94. The van der Waals surface area contributed by atoms with Gasteiger partial charge in [0.15, 0.2) is 5.58 Å². The lowest BCUT2D eigenvalue weighted by atomic mass is 10.1. The molecule has 1 aromatic heterocycles. The van der Waals surface area contributed by atoms with Crippen LogP contribution in [-0.4, -0.2) is 24.1 Å². The highest BCUT2D eigenvalue weighted by Gasteiger charge is 2.12. The second-order valence-electron chi connectivity index (χ2n) is 6.72. The fourth-order valence-corrected chi connectivity index (χ4v) is 3.29. The summed E-state index contributed by atoms with van der Waals surface area (Å²) < 4.78 is 16.9. The molecule has 4 rings (SSSR count). The van der Waals surface area contributed by atoms with Crippen LogP contribution in [0.1, 0.15) is 24.2 Å². The van der Waals surface area contributed by atoms with Crippen molar-refractivity contribution < 1.29 is 18.7 Å². The standard InChI is InChI=1S/C24H21ClN2O4/c1-3-29-19-11-16(12-20(14-19)30-4-2)23(28)26-18-8-5-15(6-9-18)24-27-21-13-17(25)7-10-22(21)31-24/h5-14H,3-4H2,1-2H3,(H,26,28). The third kappa shape index (κ3) is 4.81. The molecule has 4 aromatic rings. The molecular weight excluding hydrogens is 416 g/mol. The third-order valence-electron chi connectivity index (χ3n) is 4.50. The summed E-state index contributed by atoms with van der Waals surface area (Å²) >= 11 is 6.01. The van der Waals surface area contributed by atoms with Gasteiger partial charge in [-0.15, -0.1) is 0 Å². The number of hydrogen-bond acceptors (Lipinski definition) is 5. The molecule has 7 heteroatoms. The Morgan fingerprint density at radius 2 is 1.65 bits per heavy atom. The highest BCUT2D eigenvalue weighted by Crippen LogP contribution is 2.28. The van der Waals surface area contributed by atoms with Crippen LogP contribution in [-0.2, 0) is 0 Å². The number of nitrogens with one attached hydrogen (secondary N) is 1. The van der Waals surface area contributed by atoms with Gasteiger partial charge in [0.25, 0.3) is 5.91 Å². The number of ether oxygens (including phenoxy) is 2. The summed E-state index contributed by atoms with van der Waals surface area (Å²) in [5, 5.41) is 3.49. The predicted molar refractivity (Wildman–Crippen MR) is 121 cm³/mol. The molecule has 0 saturated heterocycles. The van der Waals surface area contributed by atoms with Gasteiger partial charge in [-0.05, 0) is 68.4 Å². The van der Waals surface area contributed by atoms with E-state index >= 15 is 0 Å². The molecular formula is C24H21ClN2O4. The number of nitrogens with zero attached hydrogens (tertiary/aromatic N) is 1. The second-order valence-corrected chi connectivity index (χ2v) is 7.16. The molecule has 0 aliphatic heterocycles. The quantitative estimate of drug-likeness (QED) is 0.373.